The van der Waals surface area contributed by atoms with Gasteiger partial charge in [0.05, 0.1) is 18.2 Å². The van der Waals surface area contributed by atoms with Crippen molar-refractivity contribution in [2.45, 2.75) is 26.4 Å². The fourth-order valence-corrected chi connectivity index (χ4v) is 2.30. The molecule has 0 saturated carbocycles. The lowest BCUT2D eigenvalue weighted by molar-refractivity contribution is -0.124. The van der Waals surface area contributed by atoms with Gasteiger partial charge >= 0.3 is 0 Å². The summed E-state index contributed by atoms with van der Waals surface area (Å²) in [6, 6.07) is 3.54. The van der Waals surface area contributed by atoms with Crippen molar-refractivity contribution in [2.75, 3.05) is 34.4 Å². The molecule has 0 fully saturated rings. The summed E-state index contributed by atoms with van der Waals surface area (Å²) in [5.74, 6) is 0.967. The van der Waals surface area contributed by atoms with Crippen LogP contribution in [0.3, 0.4) is 0 Å². The number of methoxy groups -OCH3 is 2. The van der Waals surface area contributed by atoms with Gasteiger partial charge in [0, 0.05) is 33.4 Å². The van der Waals surface area contributed by atoms with Gasteiger partial charge in [-0.05, 0) is 44.0 Å². The highest BCUT2D eigenvalue weighted by molar-refractivity contribution is 6.32. The van der Waals surface area contributed by atoms with Crippen molar-refractivity contribution in [3.05, 3.63) is 28.8 Å². The first-order valence-corrected chi connectivity index (χ1v) is 8.23. The van der Waals surface area contributed by atoms with Crippen molar-refractivity contribution >= 4 is 23.6 Å². The molecule has 0 aliphatic carbocycles. The molecule has 134 valence electrons. The number of carbonyl (C=O) groups excluding carboxylic acids is 1. The van der Waals surface area contributed by atoms with Crippen molar-refractivity contribution in [3.63, 3.8) is 0 Å². The number of ether oxygens (including phenoxy) is 3. The van der Waals surface area contributed by atoms with Crippen LogP contribution in [0.1, 0.15) is 25.8 Å². The molecule has 0 heterocycles. The fraction of sp³-hybridized carbons (Fsp3) is 0.500. The fourth-order valence-electron chi connectivity index (χ4n) is 2.04. The third-order valence-corrected chi connectivity index (χ3v) is 3.52. The summed E-state index contributed by atoms with van der Waals surface area (Å²) in [5.41, 5.74) is 0.770. The molecule has 0 spiro atoms. The highest BCUT2D eigenvalue weighted by atomic mass is 35.5. The molecule has 0 unspecified atom stereocenters. The summed E-state index contributed by atoms with van der Waals surface area (Å²) in [6.07, 6.45) is 4.01. The Morgan fingerprint density at radius 2 is 2.04 bits per heavy atom. The average molecular weight is 356 g/mol. The first-order chi connectivity index (χ1) is 11.4. The molecule has 0 radical (unpaired) electrons. The van der Waals surface area contributed by atoms with Crippen LogP contribution in [-0.2, 0) is 9.53 Å². The number of carbonyl (C=O) groups is 1. The molecule has 0 bridgehead atoms. The van der Waals surface area contributed by atoms with Gasteiger partial charge in [0.15, 0.2) is 11.5 Å². The van der Waals surface area contributed by atoms with Crippen LogP contribution in [0.5, 0.6) is 11.5 Å². The van der Waals surface area contributed by atoms with E-state index in [1.807, 2.05) is 13.8 Å². The number of hydrogen-bond donors (Lipinski definition) is 0. The predicted octanol–water partition coefficient (Wildman–Crippen LogP) is 3.64. The minimum absolute atomic E-state index is 0.0138. The van der Waals surface area contributed by atoms with E-state index in [9.17, 15) is 4.79 Å². The minimum atomic E-state index is -0.0799. The Kier molecular flexibility index (Phi) is 8.65. The van der Waals surface area contributed by atoms with Gasteiger partial charge in [0.25, 0.3) is 0 Å². The number of hydrogen-bond acceptors (Lipinski definition) is 4. The number of benzene rings is 1. The van der Waals surface area contributed by atoms with Crippen LogP contribution in [0, 0.1) is 0 Å². The summed E-state index contributed by atoms with van der Waals surface area (Å²) in [7, 11) is 4.96. The van der Waals surface area contributed by atoms with Crippen molar-refractivity contribution < 1.29 is 19.0 Å². The molecule has 5 nitrogen and oxygen atoms in total. The van der Waals surface area contributed by atoms with E-state index in [1.54, 1.807) is 44.4 Å². The van der Waals surface area contributed by atoms with Gasteiger partial charge in [-0.3, -0.25) is 4.79 Å². The summed E-state index contributed by atoms with van der Waals surface area (Å²) in [6.45, 7) is 5.11. The third-order valence-electron chi connectivity index (χ3n) is 3.24. The van der Waals surface area contributed by atoms with Crippen LogP contribution < -0.4 is 9.47 Å². The van der Waals surface area contributed by atoms with Gasteiger partial charge in [-0.1, -0.05) is 11.6 Å². The van der Waals surface area contributed by atoms with Crippen LogP contribution in [0.25, 0.3) is 6.08 Å². The normalized spacial score (nSPS) is 11.1. The van der Waals surface area contributed by atoms with Crippen molar-refractivity contribution in [1.29, 1.82) is 0 Å². The van der Waals surface area contributed by atoms with Gasteiger partial charge in [-0.15, -0.1) is 0 Å². The molecule has 1 rings (SSSR count). The van der Waals surface area contributed by atoms with Crippen LogP contribution in [0.2, 0.25) is 5.02 Å². The topological polar surface area (TPSA) is 48.0 Å². The Hall–Kier alpha value is -1.72. The Balaban J connectivity index is 2.83. The molecule has 6 heteroatoms. The second-order valence-corrected chi connectivity index (χ2v) is 6.05. The van der Waals surface area contributed by atoms with Crippen molar-refractivity contribution in [1.82, 2.24) is 4.90 Å². The number of halogens is 1. The molecular formula is C18H26ClNO4. The van der Waals surface area contributed by atoms with Gasteiger partial charge < -0.3 is 19.1 Å². The highest BCUT2D eigenvalue weighted by Gasteiger charge is 2.13. The summed E-state index contributed by atoms with van der Waals surface area (Å²) in [5, 5.41) is 0.448. The molecule has 0 saturated heterocycles. The first-order valence-electron chi connectivity index (χ1n) is 7.85. The Bertz CT molecular complexity index is 572. The summed E-state index contributed by atoms with van der Waals surface area (Å²) < 4.78 is 16.0. The maximum Gasteiger partial charge on any atom is 0.246 e. The molecule has 1 amide bonds. The van der Waals surface area contributed by atoms with Gasteiger partial charge in [0.2, 0.25) is 5.91 Å². The molecule has 0 N–H and O–H groups in total. The Labute approximate surface area is 149 Å². The SMILES string of the molecule is COCCCN(C)C(=O)/C=C/c1cc(Cl)c(OC(C)C)c(OC)c1. The largest absolute Gasteiger partial charge is 0.493 e. The van der Waals surface area contributed by atoms with Gasteiger partial charge in [-0.25, -0.2) is 0 Å². The van der Waals surface area contributed by atoms with E-state index in [2.05, 4.69) is 0 Å². The minimum Gasteiger partial charge on any atom is -0.493 e. The van der Waals surface area contributed by atoms with Crippen molar-refractivity contribution in [3.8, 4) is 11.5 Å². The Morgan fingerprint density at radius 3 is 2.62 bits per heavy atom. The van der Waals surface area contributed by atoms with E-state index in [0.717, 1.165) is 12.0 Å². The first kappa shape index (κ1) is 20.3. The van der Waals surface area contributed by atoms with Crippen molar-refractivity contribution in [2.24, 2.45) is 0 Å². The maximum atomic E-state index is 12.1. The molecule has 24 heavy (non-hydrogen) atoms. The van der Waals surface area contributed by atoms with Gasteiger partial charge in [-0.2, -0.15) is 0 Å². The lowest BCUT2D eigenvalue weighted by Crippen LogP contribution is -2.26. The Morgan fingerprint density at radius 1 is 1.33 bits per heavy atom. The molecule has 0 aromatic heterocycles. The van der Waals surface area contributed by atoms with E-state index in [4.69, 9.17) is 25.8 Å². The van der Waals surface area contributed by atoms with E-state index in [-0.39, 0.29) is 12.0 Å². The number of nitrogens with zero attached hydrogens (tertiary/aromatic N) is 1. The molecule has 1 aromatic carbocycles. The quantitative estimate of drug-likeness (QED) is 0.501. The lowest BCUT2D eigenvalue weighted by atomic mass is 10.1. The molecular weight excluding hydrogens is 330 g/mol. The lowest BCUT2D eigenvalue weighted by Gasteiger charge is -2.16. The third kappa shape index (κ3) is 6.42. The molecule has 0 atom stereocenters. The zero-order valence-electron chi connectivity index (χ0n) is 15.0. The van der Waals surface area contributed by atoms with Crippen LogP contribution >= 0.6 is 11.6 Å². The van der Waals surface area contributed by atoms with E-state index in [1.165, 1.54) is 6.08 Å². The second kappa shape index (κ2) is 10.2. The van der Waals surface area contributed by atoms with E-state index < -0.39 is 0 Å². The maximum absolute atomic E-state index is 12.1. The predicted molar refractivity (Wildman–Crippen MR) is 96.9 cm³/mol. The van der Waals surface area contributed by atoms with Crippen LogP contribution in [0.15, 0.2) is 18.2 Å². The van der Waals surface area contributed by atoms with Crippen LogP contribution in [-0.4, -0.2) is 51.3 Å². The average Bonchev–Trinajstić information content (AvgIpc) is 2.54. The molecule has 1 aromatic rings. The zero-order valence-corrected chi connectivity index (χ0v) is 15.7. The highest BCUT2D eigenvalue weighted by Crippen LogP contribution is 2.37. The molecule has 0 aliphatic heterocycles. The van der Waals surface area contributed by atoms with Gasteiger partial charge in [0.1, 0.15) is 0 Å². The number of rotatable bonds is 9. The monoisotopic (exact) mass is 355 g/mol. The molecule has 0 aliphatic rings. The number of likely N-dealkylation sites (N-methyl/N-ethyl adjacent to an activating group) is 1. The second-order valence-electron chi connectivity index (χ2n) is 5.64. The smallest absolute Gasteiger partial charge is 0.246 e. The summed E-state index contributed by atoms with van der Waals surface area (Å²) in [4.78, 5) is 13.7. The van der Waals surface area contributed by atoms with Crippen LogP contribution in [0.4, 0.5) is 0 Å². The number of amides is 1. The zero-order chi connectivity index (χ0) is 18.1. The standard InChI is InChI=1S/C18H26ClNO4/c1-13(2)24-18-15(19)11-14(12-16(18)23-5)7-8-17(21)20(3)9-6-10-22-4/h7-8,11-13H,6,9-10H2,1-5H3/b8-7+. The summed E-state index contributed by atoms with van der Waals surface area (Å²) >= 11 is 6.27. The van der Waals surface area contributed by atoms with E-state index in [0.29, 0.717) is 29.7 Å². The van der Waals surface area contributed by atoms with E-state index >= 15 is 0 Å².